The third-order valence-corrected chi connectivity index (χ3v) is 4.99. The van der Waals surface area contributed by atoms with Crippen molar-refractivity contribution in [3.8, 4) is 0 Å². The lowest BCUT2D eigenvalue weighted by atomic mass is 10.2. The Labute approximate surface area is 130 Å². The number of fused-ring (bicyclic) bond motifs is 1. The molecule has 2 aromatic rings. The highest BCUT2D eigenvalue weighted by molar-refractivity contribution is 7.89. The Balaban J connectivity index is 2.68. The zero-order valence-corrected chi connectivity index (χ0v) is 13.4. The molecule has 2 rings (SSSR count). The smallest absolute Gasteiger partial charge is 0.330 e. The molecule has 0 bridgehead atoms. The van der Waals surface area contributed by atoms with Gasteiger partial charge in [-0.15, -0.1) is 0 Å². The van der Waals surface area contributed by atoms with E-state index >= 15 is 0 Å². The summed E-state index contributed by atoms with van der Waals surface area (Å²) in [5, 5.41) is 8.84. The van der Waals surface area contributed by atoms with Gasteiger partial charge in [0.15, 0.2) is 0 Å². The normalized spacial score (nSPS) is 13.2. The standard InChI is InChI=1S/C13H15N3O6S/c1-7(12(18)19)14-23(21,22)8-4-5-10-9(6-8)11(17)16(3)13(20)15(10)2/h4-7,14H,1-3H3,(H,18,19)/t7-/m0/s1. The second-order valence-corrected chi connectivity index (χ2v) is 6.78. The number of nitrogens with zero attached hydrogens (tertiary/aromatic N) is 2. The number of carbonyl (C=O) groups is 1. The number of aryl methyl sites for hydroxylation is 1. The van der Waals surface area contributed by atoms with Crippen LogP contribution in [0.1, 0.15) is 6.92 Å². The molecule has 0 unspecified atom stereocenters. The van der Waals surface area contributed by atoms with Crippen LogP contribution in [0.5, 0.6) is 0 Å². The fourth-order valence-corrected chi connectivity index (χ4v) is 3.32. The van der Waals surface area contributed by atoms with Crippen LogP contribution in [0.15, 0.2) is 32.7 Å². The molecule has 0 saturated heterocycles. The van der Waals surface area contributed by atoms with E-state index in [4.69, 9.17) is 5.11 Å². The predicted molar refractivity (Wildman–Crippen MR) is 81.8 cm³/mol. The molecule has 0 amide bonds. The van der Waals surface area contributed by atoms with Crippen LogP contribution in [0.25, 0.3) is 10.9 Å². The Morgan fingerprint density at radius 1 is 1.22 bits per heavy atom. The summed E-state index contributed by atoms with van der Waals surface area (Å²) in [7, 11) is -1.37. The van der Waals surface area contributed by atoms with Gasteiger partial charge in [-0.1, -0.05) is 0 Å². The van der Waals surface area contributed by atoms with Crippen LogP contribution in [0.3, 0.4) is 0 Å². The Morgan fingerprint density at radius 2 is 1.83 bits per heavy atom. The Bertz CT molecular complexity index is 1020. The molecule has 1 aromatic heterocycles. The summed E-state index contributed by atoms with van der Waals surface area (Å²) in [6.07, 6.45) is 0. The molecule has 0 saturated carbocycles. The number of benzene rings is 1. The minimum atomic E-state index is -4.11. The largest absolute Gasteiger partial charge is 0.480 e. The summed E-state index contributed by atoms with van der Waals surface area (Å²) < 4.78 is 28.5. The highest BCUT2D eigenvalue weighted by atomic mass is 32.2. The fraction of sp³-hybridized carbons (Fsp3) is 0.308. The predicted octanol–water partition coefficient (Wildman–Crippen LogP) is -1.01. The van der Waals surface area contributed by atoms with Crippen LogP contribution in [0.2, 0.25) is 0 Å². The monoisotopic (exact) mass is 341 g/mol. The minimum Gasteiger partial charge on any atom is -0.480 e. The number of sulfonamides is 1. The number of hydrogen-bond acceptors (Lipinski definition) is 5. The molecular formula is C13H15N3O6S. The molecule has 0 fully saturated rings. The van der Waals surface area contributed by atoms with Gasteiger partial charge in [0.1, 0.15) is 6.04 Å². The van der Waals surface area contributed by atoms with Crippen molar-refractivity contribution in [2.75, 3.05) is 0 Å². The van der Waals surface area contributed by atoms with Crippen molar-refractivity contribution in [3.05, 3.63) is 39.0 Å². The summed E-state index contributed by atoms with van der Waals surface area (Å²) in [5.41, 5.74) is -0.884. The van der Waals surface area contributed by atoms with Crippen molar-refractivity contribution in [1.29, 1.82) is 0 Å². The molecule has 0 spiro atoms. The maximum Gasteiger partial charge on any atom is 0.330 e. The molecule has 1 atom stereocenters. The van der Waals surface area contributed by atoms with Gasteiger partial charge in [0.2, 0.25) is 10.0 Å². The van der Waals surface area contributed by atoms with Crippen molar-refractivity contribution in [2.45, 2.75) is 17.9 Å². The number of aliphatic carboxylic acids is 1. The van der Waals surface area contributed by atoms with Crippen molar-refractivity contribution in [2.24, 2.45) is 14.1 Å². The van der Waals surface area contributed by atoms with Crippen LogP contribution in [-0.4, -0.2) is 34.7 Å². The summed E-state index contributed by atoms with van der Waals surface area (Å²) >= 11 is 0. The molecule has 0 aliphatic rings. The molecule has 9 nitrogen and oxygen atoms in total. The lowest BCUT2D eigenvalue weighted by molar-refractivity contribution is -0.138. The molecule has 0 aliphatic carbocycles. The zero-order valence-electron chi connectivity index (χ0n) is 12.6. The third kappa shape index (κ3) is 2.90. The van der Waals surface area contributed by atoms with E-state index in [0.717, 1.165) is 10.6 Å². The quantitative estimate of drug-likeness (QED) is 0.733. The maximum atomic E-state index is 12.2. The van der Waals surface area contributed by atoms with Crippen molar-refractivity contribution in [1.82, 2.24) is 13.9 Å². The van der Waals surface area contributed by atoms with E-state index in [0.29, 0.717) is 0 Å². The van der Waals surface area contributed by atoms with Crippen LogP contribution in [-0.2, 0) is 28.9 Å². The molecule has 23 heavy (non-hydrogen) atoms. The van der Waals surface area contributed by atoms with E-state index < -0.39 is 33.3 Å². The van der Waals surface area contributed by atoms with Crippen molar-refractivity contribution in [3.63, 3.8) is 0 Å². The number of aromatic nitrogens is 2. The SMILES string of the molecule is C[C@H](NS(=O)(=O)c1ccc2c(c1)c(=O)n(C)c(=O)n2C)C(=O)O. The van der Waals surface area contributed by atoms with Gasteiger partial charge in [0.25, 0.3) is 5.56 Å². The molecular weight excluding hydrogens is 326 g/mol. The van der Waals surface area contributed by atoms with E-state index in [1.165, 1.54) is 37.7 Å². The van der Waals surface area contributed by atoms with Gasteiger partial charge >= 0.3 is 11.7 Å². The Kier molecular flexibility index (Phi) is 4.14. The topological polar surface area (TPSA) is 127 Å². The molecule has 0 radical (unpaired) electrons. The second kappa shape index (κ2) is 5.63. The molecule has 10 heteroatoms. The molecule has 1 aromatic carbocycles. The van der Waals surface area contributed by atoms with Crippen molar-refractivity contribution >= 4 is 26.9 Å². The van der Waals surface area contributed by atoms with Crippen LogP contribution < -0.4 is 16.0 Å². The van der Waals surface area contributed by atoms with Gasteiger partial charge in [0.05, 0.1) is 15.8 Å². The van der Waals surface area contributed by atoms with Gasteiger partial charge in [0, 0.05) is 14.1 Å². The first kappa shape index (κ1) is 16.9. The van der Waals surface area contributed by atoms with E-state index in [1.807, 2.05) is 4.72 Å². The molecule has 1 heterocycles. The number of carboxylic acid groups (broad SMARTS) is 1. The number of hydrogen-bond donors (Lipinski definition) is 2. The average molecular weight is 341 g/mol. The summed E-state index contributed by atoms with van der Waals surface area (Å²) in [6.45, 7) is 1.18. The van der Waals surface area contributed by atoms with E-state index in [9.17, 15) is 22.8 Å². The van der Waals surface area contributed by atoms with E-state index in [-0.39, 0.29) is 15.8 Å². The van der Waals surface area contributed by atoms with E-state index in [2.05, 4.69) is 0 Å². The summed E-state index contributed by atoms with van der Waals surface area (Å²) in [6, 6.07) is 2.34. The summed E-state index contributed by atoms with van der Waals surface area (Å²) in [5.74, 6) is -1.33. The van der Waals surface area contributed by atoms with Crippen LogP contribution in [0, 0.1) is 0 Å². The maximum absolute atomic E-state index is 12.2. The minimum absolute atomic E-state index is 0.0421. The van der Waals surface area contributed by atoms with Crippen LogP contribution in [0.4, 0.5) is 0 Å². The molecule has 0 aliphatic heterocycles. The Hall–Kier alpha value is -2.46. The Morgan fingerprint density at radius 3 is 2.39 bits per heavy atom. The fourth-order valence-electron chi connectivity index (χ4n) is 2.09. The molecule has 2 N–H and O–H groups in total. The lowest BCUT2D eigenvalue weighted by Gasteiger charge is -2.12. The first-order valence-corrected chi connectivity index (χ1v) is 7.99. The molecule has 124 valence electrons. The summed E-state index contributed by atoms with van der Waals surface area (Å²) in [4.78, 5) is 34.5. The van der Waals surface area contributed by atoms with Crippen LogP contribution >= 0.6 is 0 Å². The van der Waals surface area contributed by atoms with Gasteiger partial charge in [-0.2, -0.15) is 4.72 Å². The highest BCUT2D eigenvalue weighted by Crippen LogP contribution is 2.15. The average Bonchev–Trinajstić information content (AvgIpc) is 2.49. The van der Waals surface area contributed by atoms with E-state index in [1.54, 1.807) is 0 Å². The zero-order chi connectivity index (χ0) is 17.5. The van der Waals surface area contributed by atoms with Gasteiger partial charge < -0.3 is 5.11 Å². The third-order valence-electron chi connectivity index (χ3n) is 3.45. The lowest BCUT2D eigenvalue weighted by Crippen LogP contribution is -2.39. The van der Waals surface area contributed by atoms with Crippen molar-refractivity contribution < 1.29 is 18.3 Å². The number of nitrogens with one attached hydrogen (secondary N) is 1. The number of rotatable bonds is 4. The van der Waals surface area contributed by atoms with Gasteiger partial charge in [-0.3, -0.25) is 18.7 Å². The van der Waals surface area contributed by atoms with Gasteiger partial charge in [-0.25, -0.2) is 13.2 Å². The van der Waals surface area contributed by atoms with Gasteiger partial charge in [-0.05, 0) is 25.1 Å². The highest BCUT2D eigenvalue weighted by Gasteiger charge is 2.22. The first-order valence-electron chi connectivity index (χ1n) is 6.51. The first-order chi connectivity index (χ1) is 10.6. The number of carboxylic acids is 1. The second-order valence-electron chi connectivity index (χ2n) is 5.07.